The molecule has 0 bridgehead atoms. The van der Waals surface area contributed by atoms with Crippen molar-refractivity contribution in [2.75, 3.05) is 31.0 Å². The third-order valence-corrected chi connectivity index (χ3v) is 8.43. The van der Waals surface area contributed by atoms with E-state index >= 15 is 0 Å². The number of hydrogen-bond acceptors (Lipinski definition) is 9. The van der Waals surface area contributed by atoms with Crippen LogP contribution in [0.4, 0.5) is 10.1 Å². The molecule has 3 N–H and O–H groups in total. The average molecular weight is 478 g/mol. The molecule has 12 heteroatoms. The molecule has 0 fully saturated rings. The Morgan fingerprint density at radius 3 is 2.76 bits per heavy atom. The summed E-state index contributed by atoms with van der Waals surface area (Å²) in [6, 6.07) is 5.12. The number of rotatable bonds is 5. The number of ether oxygens (including phenoxy) is 2. The van der Waals surface area contributed by atoms with E-state index in [2.05, 4.69) is 20.3 Å². The van der Waals surface area contributed by atoms with Gasteiger partial charge in [-0.25, -0.2) is 22.8 Å². The monoisotopic (exact) mass is 477 g/mol. The van der Waals surface area contributed by atoms with Gasteiger partial charge in [0.1, 0.15) is 35.1 Å². The van der Waals surface area contributed by atoms with Gasteiger partial charge in [-0.2, -0.15) is 0 Å². The van der Waals surface area contributed by atoms with Crippen molar-refractivity contribution in [1.82, 2.24) is 9.97 Å². The highest BCUT2D eigenvalue weighted by Gasteiger charge is 2.52. The summed E-state index contributed by atoms with van der Waals surface area (Å²) < 4.78 is 47.6. The van der Waals surface area contributed by atoms with Crippen molar-refractivity contribution in [3.8, 4) is 5.88 Å². The first-order valence-electron chi connectivity index (χ1n) is 10.2. The summed E-state index contributed by atoms with van der Waals surface area (Å²) in [5, 5.41) is 2.73. The maximum absolute atomic E-state index is 13.0. The predicted molar refractivity (Wildman–Crippen MR) is 119 cm³/mol. The fourth-order valence-electron chi connectivity index (χ4n) is 3.73. The van der Waals surface area contributed by atoms with Crippen LogP contribution in [-0.2, 0) is 26.7 Å². The number of nitrogens with two attached hydrogens (primary N) is 1. The summed E-state index contributed by atoms with van der Waals surface area (Å²) in [6.45, 7) is 2.59. The maximum atomic E-state index is 13.0. The van der Waals surface area contributed by atoms with Crippen LogP contribution >= 0.6 is 0 Å². The number of aromatic nitrogens is 2. The van der Waals surface area contributed by atoms with Crippen LogP contribution < -0.4 is 15.8 Å². The van der Waals surface area contributed by atoms with Gasteiger partial charge in [0.2, 0.25) is 5.88 Å². The number of amidine groups is 1. The van der Waals surface area contributed by atoms with Crippen LogP contribution in [0.2, 0.25) is 0 Å². The number of carbonyl (C=O) groups excluding carboxylic acids is 1. The van der Waals surface area contributed by atoms with Gasteiger partial charge in [-0.3, -0.25) is 9.79 Å². The second kappa shape index (κ2) is 8.34. The van der Waals surface area contributed by atoms with E-state index in [1.54, 1.807) is 18.2 Å². The number of amides is 1. The Kier molecular flexibility index (Phi) is 5.83. The number of anilines is 1. The van der Waals surface area contributed by atoms with Crippen molar-refractivity contribution in [3.63, 3.8) is 0 Å². The Bertz CT molecular complexity index is 1220. The Morgan fingerprint density at radius 2 is 2.09 bits per heavy atom. The minimum Gasteiger partial charge on any atom is -0.474 e. The molecule has 3 heterocycles. The molecule has 1 atom stereocenters. The molecule has 2 aromatic rings. The highest BCUT2D eigenvalue weighted by atomic mass is 32.2. The van der Waals surface area contributed by atoms with Crippen molar-refractivity contribution in [2.24, 2.45) is 10.7 Å². The zero-order valence-electron chi connectivity index (χ0n) is 18.2. The fourth-order valence-corrected chi connectivity index (χ4v) is 5.39. The van der Waals surface area contributed by atoms with Gasteiger partial charge in [-0.15, -0.1) is 0 Å². The molecule has 1 aromatic heterocycles. The van der Waals surface area contributed by atoms with E-state index in [1.165, 1.54) is 26.2 Å². The Hall–Kier alpha value is -3.12. The van der Waals surface area contributed by atoms with Crippen LogP contribution in [0, 0.1) is 0 Å². The van der Waals surface area contributed by atoms with Crippen LogP contribution in [0.15, 0.2) is 35.6 Å². The number of sulfone groups is 1. The second-order valence-electron chi connectivity index (χ2n) is 8.39. The lowest BCUT2D eigenvalue weighted by atomic mass is 9.86. The summed E-state index contributed by atoms with van der Waals surface area (Å²) in [4.78, 5) is 25.1. The molecule has 4 rings (SSSR count). The van der Waals surface area contributed by atoms with Crippen molar-refractivity contribution in [3.05, 3.63) is 47.4 Å². The third kappa shape index (κ3) is 4.15. The van der Waals surface area contributed by atoms with Crippen molar-refractivity contribution >= 4 is 27.3 Å². The zero-order valence-corrected chi connectivity index (χ0v) is 19.0. The largest absolute Gasteiger partial charge is 0.474 e. The number of hydrogen-bond donors (Lipinski definition) is 2. The van der Waals surface area contributed by atoms with E-state index in [1.807, 2.05) is 0 Å². The molecule has 0 radical (unpaired) electrons. The predicted octanol–water partition coefficient (Wildman–Crippen LogP) is 1.37. The fraction of sp³-hybridized carbons (Fsp3) is 0.429. The Labute approximate surface area is 190 Å². The number of fused-ring (bicyclic) bond motifs is 2. The lowest BCUT2D eigenvalue weighted by Crippen LogP contribution is -2.57. The highest BCUT2D eigenvalue weighted by molar-refractivity contribution is 7.93. The number of benzene rings is 1. The molecule has 0 saturated heterocycles. The first-order valence-corrected chi connectivity index (χ1v) is 11.8. The lowest BCUT2D eigenvalue weighted by molar-refractivity contribution is 0.0610. The SMILES string of the molecule is CC1(C)C(N)=NC2(COCc3ccc(NC(=O)c4cnc(OCCF)cn4)cc32)CS1(=O)=O. The van der Waals surface area contributed by atoms with Gasteiger partial charge < -0.3 is 20.5 Å². The summed E-state index contributed by atoms with van der Waals surface area (Å²) in [7, 11) is -3.63. The minimum absolute atomic E-state index is 0.0185. The number of aliphatic imine (C=N–C) groups is 1. The van der Waals surface area contributed by atoms with Crippen molar-refractivity contribution in [2.45, 2.75) is 30.7 Å². The van der Waals surface area contributed by atoms with E-state index in [0.29, 0.717) is 11.3 Å². The summed E-state index contributed by atoms with van der Waals surface area (Å²) in [5.74, 6) is -0.660. The van der Waals surface area contributed by atoms with Crippen LogP contribution in [0.5, 0.6) is 5.88 Å². The summed E-state index contributed by atoms with van der Waals surface area (Å²) in [5.41, 5.74) is 6.75. The molecule has 176 valence electrons. The summed E-state index contributed by atoms with van der Waals surface area (Å²) in [6.07, 6.45) is 2.45. The maximum Gasteiger partial charge on any atom is 0.275 e. The van der Waals surface area contributed by atoms with E-state index in [-0.39, 0.29) is 43.0 Å². The molecule has 0 aliphatic carbocycles. The number of halogens is 1. The number of carbonyl (C=O) groups is 1. The van der Waals surface area contributed by atoms with Gasteiger partial charge in [0.15, 0.2) is 9.84 Å². The smallest absolute Gasteiger partial charge is 0.275 e. The minimum atomic E-state index is -3.63. The summed E-state index contributed by atoms with van der Waals surface area (Å²) >= 11 is 0. The first kappa shape index (κ1) is 23.1. The van der Waals surface area contributed by atoms with Gasteiger partial charge in [0.05, 0.1) is 31.4 Å². The molecule has 1 aromatic carbocycles. The average Bonchev–Trinajstić information content (AvgIpc) is 2.77. The molecule has 1 spiro atoms. The lowest BCUT2D eigenvalue weighted by Gasteiger charge is -2.42. The van der Waals surface area contributed by atoms with Gasteiger partial charge >= 0.3 is 0 Å². The van der Waals surface area contributed by atoms with Crippen molar-refractivity contribution < 1.29 is 27.1 Å². The van der Waals surface area contributed by atoms with Gasteiger partial charge in [-0.1, -0.05) is 6.07 Å². The quantitative estimate of drug-likeness (QED) is 0.657. The molecule has 2 aliphatic heterocycles. The molecule has 1 unspecified atom stereocenters. The number of alkyl halides is 1. The van der Waals surface area contributed by atoms with E-state index < -0.39 is 32.7 Å². The number of nitrogens with one attached hydrogen (secondary N) is 1. The Balaban J connectivity index is 1.63. The molecular formula is C21H24FN5O5S. The van der Waals surface area contributed by atoms with E-state index in [9.17, 15) is 17.6 Å². The zero-order chi connectivity index (χ0) is 23.9. The molecule has 1 amide bonds. The second-order valence-corrected chi connectivity index (χ2v) is 10.9. The van der Waals surface area contributed by atoms with E-state index in [0.717, 1.165) is 5.56 Å². The Morgan fingerprint density at radius 1 is 1.30 bits per heavy atom. The van der Waals surface area contributed by atoms with Gasteiger partial charge in [0, 0.05) is 5.69 Å². The van der Waals surface area contributed by atoms with Gasteiger partial charge in [-0.05, 0) is 37.1 Å². The van der Waals surface area contributed by atoms with Crippen LogP contribution in [0.3, 0.4) is 0 Å². The highest BCUT2D eigenvalue weighted by Crippen LogP contribution is 2.42. The first-order chi connectivity index (χ1) is 15.6. The molecule has 10 nitrogen and oxygen atoms in total. The van der Waals surface area contributed by atoms with Crippen LogP contribution in [0.25, 0.3) is 0 Å². The topological polar surface area (TPSA) is 146 Å². The van der Waals surface area contributed by atoms with Crippen molar-refractivity contribution in [1.29, 1.82) is 0 Å². The van der Waals surface area contributed by atoms with Crippen LogP contribution in [0.1, 0.15) is 35.5 Å². The molecule has 2 aliphatic rings. The molecule has 33 heavy (non-hydrogen) atoms. The molecular weight excluding hydrogens is 453 g/mol. The normalized spacial score (nSPS) is 22.8. The standard InChI is InChI=1S/C21H24FN5O5S/c1-20(2)19(23)27-21(12-33(20,29)30)11-31-10-13-3-4-14(7-15(13)21)26-18(28)16-8-25-17(9-24-16)32-6-5-22/h3-4,7-9H,5-6,10-12H2,1-2H3,(H2,23,27)(H,26,28). The third-order valence-electron chi connectivity index (χ3n) is 5.81. The number of nitrogens with zero attached hydrogens (tertiary/aromatic N) is 3. The van der Waals surface area contributed by atoms with Crippen LogP contribution in [-0.4, -0.2) is 60.5 Å². The molecule has 0 saturated carbocycles. The van der Waals surface area contributed by atoms with E-state index in [4.69, 9.17) is 15.2 Å². The van der Waals surface area contributed by atoms with Gasteiger partial charge in [0.25, 0.3) is 5.91 Å².